The molecule has 3 aromatic heterocycles. The Balaban J connectivity index is 1.91. The Kier molecular flexibility index (Phi) is 5.03. The molecule has 0 saturated heterocycles. The fraction of sp³-hybridized carbons (Fsp3) is 0.200. The van der Waals surface area contributed by atoms with Crippen LogP contribution >= 0.6 is 23.2 Å². The minimum atomic E-state index is -0.479. The Hall–Kier alpha value is -2.42. The van der Waals surface area contributed by atoms with Gasteiger partial charge in [0, 0.05) is 19.4 Å². The number of anilines is 2. The van der Waals surface area contributed by atoms with Crippen LogP contribution in [0.25, 0.3) is 5.65 Å². The summed E-state index contributed by atoms with van der Waals surface area (Å²) >= 11 is 11.8. The topological polar surface area (TPSA) is 93.4 Å². The zero-order valence-electron chi connectivity index (χ0n) is 13.3. The zero-order chi connectivity index (χ0) is 18.0. The smallest absolute Gasteiger partial charge is 0.323 e. The first-order valence-electron chi connectivity index (χ1n) is 7.23. The maximum atomic E-state index is 12.3. The highest BCUT2D eigenvalue weighted by atomic mass is 35.5. The molecular weight excluding hydrogens is 367 g/mol. The number of amides is 2. The van der Waals surface area contributed by atoms with Crippen LogP contribution in [0.4, 0.5) is 16.2 Å². The van der Waals surface area contributed by atoms with Crippen molar-refractivity contribution in [1.82, 2.24) is 19.6 Å². The lowest BCUT2D eigenvalue weighted by atomic mass is 10.2. The van der Waals surface area contributed by atoms with E-state index in [0.29, 0.717) is 32.9 Å². The number of aromatic nitrogens is 4. The summed E-state index contributed by atoms with van der Waals surface area (Å²) in [5, 5.41) is 10.3. The number of fused-ring (bicyclic) bond motifs is 1. The number of carbonyl (C=O) groups excluding carboxylic acids is 1. The van der Waals surface area contributed by atoms with Crippen molar-refractivity contribution in [3.63, 3.8) is 0 Å². The van der Waals surface area contributed by atoms with Gasteiger partial charge in [0.15, 0.2) is 10.8 Å². The standard InChI is InChI=1S/C15H14Cl2N6O2/c1-8(25-2)14-11(7-19-13-4-12(17)22-23(13)14)21-15(24)20-10-3-9(16)5-18-6-10/h3-8H,1-2H3,(H2,20,21,24)/t8-/m0/s1. The normalized spacial score (nSPS) is 12.2. The second-order valence-corrected chi connectivity index (χ2v) is 5.97. The number of rotatable bonds is 4. The minimum Gasteiger partial charge on any atom is -0.375 e. The van der Waals surface area contributed by atoms with Gasteiger partial charge in [0.2, 0.25) is 0 Å². The van der Waals surface area contributed by atoms with Crippen molar-refractivity contribution in [1.29, 1.82) is 0 Å². The lowest BCUT2D eigenvalue weighted by Gasteiger charge is -2.17. The van der Waals surface area contributed by atoms with Gasteiger partial charge in [0.05, 0.1) is 40.6 Å². The molecule has 3 aromatic rings. The van der Waals surface area contributed by atoms with Crippen LogP contribution in [0.5, 0.6) is 0 Å². The summed E-state index contributed by atoms with van der Waals surface area (Å²) < 4.78 is 6.91. The third kappa shape index (κ3) is 3.81. The highest BCUT2D eigenvalue weighted by molar-refractivity contribution is 6.30. The van der Waals surface area contributed by atoms with Gasteiger partial charge in [-0.2, -0.15) is 5.10 Å². The van der Waals surface area contributed by atoms with Gasteiger partial charge in [-0.3, -0.25) is 4.98 Å². The predicted molar refractivity (Wildman–Crippen MR) is 95.3 cm³/mol. The molecule has 0 aromatic carbocycles. The zero-order valence-corrected chi connectivity index (χ0v) is 14.8. The van der Waals surface area contributed by atoms with Gasteiger partial charge in [-0.05, 0) is 13.0 Å². The molecular formula is C15H14Cl2N6O2. The van der Waals surface area contributed by atoms with E-state index in [4.69, 9.17) is 27.9 Å². The van der Waals surface area contributed by atoms with E-state index < -0.39 is 6.03 Å². The van der Waals surface area contributed by atoms with Crippen LogP contribution in [0.1, 0.15) is 18.7 Å². The Morgan fingerprint density at radius 1 is 1.24 bits per heavy atom. The molecule has 0 fully saturated rings. The van der Waals surface area contributed by atoms with Crippen molar-refractivity contribution < 1.29 is 9.53 Å². The summed E-state index contributed by atoms with van der Waals surface area (Å²) in [4.78, 5) is 20.4. The second-order valence-electron chi connectivity index (χ2n) is 5.14. The number of pyridine rings is 1. The molecule has 2 N–H and O–H groups in total. The van der Waals surface area contributed by atoms with Gasteiger partial charge in [-0.15, -0.1) is 0 Å². The molecule has 2 amide bonds. The molecule has 130 valence electrons. The van der Waals surface area contributed by atoms with Crippen LogP contribution < -0.4 is 10.6 Å². The van der Waals surface area contributed by atoms with Crippen molar-refractivity contribution >= 4 is 46.3 Å². The van der Waals surface area contributed by atoms with Gasteiger partial charge in [0.1, 0.15) is 0 Å². The Morgan fingerprint density at radius 3 is 2.76 bits per heavy atom. The second kappa shape index (κ2) is 7.22. The molecule has 0 spiro atoms. The predicted octanol–water partition coefficient (Wildman–Crippen LogP) is 3.78. The molecule has 0 bridgehead atoms. The molecule has 8 nitrogen and oxygen atoms in total. The molecule has 0 saturated carbocycles. The van der Waals surface area contributed by atoms with Gasteiger partial charge in [-0.25, -0.2) is 14.3 Å². The Morgan fingerprint density at radius 2 is 2.04 bits per heavy atom. The van der Waals surface area contributed by atoms with E-state index in [0.717, 1.165) is 0 Å². The first-order chi connectivity index (χ1) is 12.0. The number of carbonyl (C=O) groups is 1. The highest BCUT2D eigenvalue weighted by Gasteiger charge is 2.19. The number of nitrogens with zero attached hydrogens (tertiary/aromatic N) is 4. The van der Waals surface area contributed by atoms with Crippen LogP contribution in [-0.4, -0.2) is 32.7 Å². The Bertz CT molecular complexity index is 930. The van der Waals surface area contributed by atoms with E-state index >= 15 is 0 Å². The van der Waals surface area contributed by atoms with Crippen molar-refractivity contribution in [2.45, 2.75) is 13.0 Å². The third-order valence-electron chi connectivity index (χ3n) is 3.44. The van der Waals surface area contributed by atoms with E-state index in [1.54, 1.807) is 19.2 Å². The van der Waals surface area contributed by atoms with Gasteiger partial charge in [0.25, 0.3) is 0 Å². The first-order valence-corrected chi connectivity index (χ1v) is 7.99. The summed E-state index contributed by atoms with van der Waals surface area (Å²) in [6.45, 7) is 1.83. The van der Waals surface area contributed by atoms with Crippen LogP contribution in [0.2, 0.25) is 10.2 Å². The maximum absolute atomic E-state index is 12.3. The number of hydrogen-bond acceptors (Lipinski definition) is 5. The average molecular weight is 381 g/mol. The SMILES string of the molecule is CO[C@@H](C)c1c(NC(=O)Nc2cncc(Cl)c2)cnc2cc(Cl)nn12. The van der Waals surface area contributed by atoms with E-state index in [-0.39, 0.29) is 6.10 Å². The summed E-state index contributed by atoms with van der Waals surface area (Å²) in [6.07, 6.45) is 4.12. The largest absolute Gasteiger partial charge is 0.375 e. The van der Waals surface area contributed by atoms with Crippen molar-refractivity contribution in [3.05, 3.63) is 46.6 Å². The van der Waals surface area contributed by atoms with E-state index in [1.807, 2.05) is 6.92 Å². The molecule has 0 aliphatic heterocycles. The highest BCUT2D eigenvalue weighted by Crippen LogP contribution is 2.26. The summed E-state index contributed by atoms with van der Waals surface area (Å²) in [5.41, 5.74) is 2.06. The molecule has 0 unspecified atom stereocenters. The monoisotopic (exact) mass is 380 g/mol. The van der Waals surface area contributed by atoms with E-state index in [1.165, 1.54) is 23.1 Å². The molecule has 0 radical (unpaired) electrons. The fourth-order valence-electron chi connectivity index (χ4n) is 2.29. The van der Waals surface area contributed by atoms with E-state index in [2.05, 4.69) is 25.7 Å². The summed E-state index contributed by atoms with van der Waals surface area (Å²) in [5.74, 6) is 0. The minimum absolute atomic E-state index is 0.295. The van der Waals surface area contributed by atoms with Crippen molar-refractivity contribution in [2.75, 3.05) is 17.7 Å². The fourth-order valence-corrected chi connectivity index (χ4v) is 2.63. The number of halogens is 2. The molecule has 10 heteroatoms. The number of nitrogens with one attached hydrogen (secondary N) is 2. The lowest BCUT2D eigenvalue weighted by molar-refractivity contribution is 0.114. The molecule has 1 atom stereocenters. The van der Waals surface area contributed by atoms with Crippen molar-refractivity contribution in [3.8, 4) is 0 Å². The maximum Gasteiger partial charge on any atom is 0.323 e. The molecule has 3 heterocycles. The van der Waals surface area contributed by atoms with Gasteiger partial charge in [-0.1, -0.05) is 23.2 Å². The molecule has 3 rings (SSSR count). The molecule has 25 heavy (non-hydrogen) atoms. The number of ether oxygens (including phenoxy) is 1. The van der Waals surface area contributed by atoms with Gasteiger partial charge < -0.3 is 15.4 Å². The summed E-state index contributed by atoms with van der Waals surface area (Å²) in [7, 11) is 1.56. The Labute approximate surface area is 153 Å². The quantitative estimate of drug-likeness (QED) is 0.717. The van der Waals surface area contributed by atoms with Crippen LogP contribution in [0, 0.1) is 0 Å². The van der Waals surface area contributed by atoms with Crippen LogP contribution in [-0.2, 0) is 4.74 Å². The number of hydrogen-bond donors (Lipinski definition) is 2. The first kappa shape index (κ1) is 17.4. The molecule has 0 aliphatic rings. The van der Waals surface area contributed by atoms with Crippen molar-refractivity contribution in [2.24, 2.45) is 0 Å². The number of methoxy groups -OCH3 is 1. The van der Waals surface area contributed by atoms with E-state index in [9.17, 15) is 4.79 Å². The molecule has 0 aliphatic carbocycles. The average Bonchev–Trinajstić information content (AvgIpc) is 2.94. The van der Waals surface area contributed by atoms with Crippen LogP contribution in [0.15, 0.2) is 30.7 Å². The number of urea groups is 1. The third-order valence-corrected chi connectivity index (χ3v) is 3.83. The lowest BCUT2D eigenvalue weighted by Crippen LogP contribution is -2.22. The summed E-state index contributed by atoms with van der Waals surface area (Å²) in [6, 6.07) is 2.73. The van der Waals surface area contributed by atoms with Crippen LogP contribution in [0.3, 0.4) is 0 Å². The van der Waals surface area contributed by atoms with Gasteiger partial charge >= 0.3 is 6.03 Å².